The SMILES string of the molecule is Cc1cccc(N2CCN(CCC(=O)Nc3ccc4c(c3)OCCO4)CC2)c1C. The predicted molar refractivity (Wildman–Crippen MR) is 115 cm³/mol. The number of hydrogen-bond acceptors (Lipinski definition) is 5. The van der Waals surface area contributed by atoms with E-state index in [0.717, 1.165) is 44.2 Å². The van der Waals surface area contributed by atoms with Crippen LogP contribution in [0.2, 0.25) is 0 Å². The summed E-state index contributed by atoms with van der Waals surface area (Å²) in [6, 6.07) is 12.0. The van der Waals surface area contributed by atoms with E-state index in [4.69, 9.17) is 9.47 Å². The summed E-state index contributed by atoms with van der Waals surface area (Å²) in [5, 5.41) is 2.97. The van der Waals surface area contributed by atoms with Gasteiger partial charge < -0.3 is 19.7 Å². The molecule has 2 aliphatic heterocycles. The highest BCUT2D eigenvalue weighted by molar-refractivity contribution is 5.91. The maximum Gasteiger partial charge on any atom is 0.225 e. The van der Waals surface area contributed by atoms with Crippen LogP contribution < -0.4 is 19.7 Å². The number of nitrogens with one attached hydrogen (secondary N) is 1. The molecule has 0 unspecified atom stereocenters. The highest BCUT2D eigenvalue weighted by atomic mass is 16.6. The van der Waals surface area contributed by atoms with Crippen molar-refractivity contribution in [1.29, 1.82) is 0 Å². The van der Waals surface area contributed by atoms with Gasteiger partial charge in [-0.25, -0.2) is 0 Å². The zero-order chi connectivity index (χ0) is 20.2. The molecule has 1 amide bonds. The fourth-order valence-electron chi connectivity index (χ4n) is 3.89. The largest absolute Gasteiger partial charge is 0.486 e. The Labute approximate surface area is 172 Å². The van der Waals surface area contributed by atoms with E-state index < -0.39 is 0 Å². The fraction of sp³-hybridized carbons (Fsp3) is 0.435. The molecule has 0 aromatic heterocycles. The molecular formula is C23H29N3O3. The van der Waals surface area contributed by atoms with Crippen LogP contribution in [0.5, 0.6) is 11.5 Å². The van der Waals surface area contributed by atoms with Gasteiger partial charge in [0, 0.05) is 56.6 Å². The Bertz CT molecular complexity index is 876. The standard InChI is InChI=1S/C23H29N3O3/c1-17-4-3-5-20(18(17)2)26-12-10-25(11-13-26)9-8-23(27)24-19-6-7-21-22(16-19)29-15-14-28-21/h3-7,16H,8-15H2,1-2H3,(H,24,27). The quantitative estimate of drug-likeness (QED) is 0.842. The first-order valence-electron chi connectivity index (χ1n) is 10.3. The predicted octanol–water partition coefficient (Wildman–Crippen LogP) is 3.23. The Kier molecular flexibility index (Phi) is 5.90. The van der Waals surface area contributed by atoms with Gasteiger partial charge in [-0.3, -0.25) is 9.69 Å². The zero-order valence-electron chi connectivity index (χ0n) is 17.2. The van der Waals surface area contributed by atoms with E-state index in [9.17, 15) is 4.79 Å². The van der Waals surface area contributed by atoms with E-state index >= 15 is 0 Å². The second kappa shape index (κ2) is 8.74. The highest BCUT2D eigenvalue weighted by Crippen LogP contribution is 2.32. The number of benzene rings is 2. The Morgan fingerprint density at radius 1 is 1.00 bits per heavy atom. The molecule has 6 heteroatoms. The molecule has 1 N–H and O–H groups in total. The number of ether oxygens (including phenoxy) is 2. The lowest BCUT2D eigenvalue weighted by Gasteiger charge is -2.37. The van der Waals surface area contributed by atoms with Gasteiger partial charge >= 0.3 is 0 Å². The molecule has 154 valence electrons. The Balaban J connectivity index is 1.24. The highest BCUT2D eigenvalue weighted by Gasteiger charge is 2.19. The van der Waals surface area contributed by atoms with Gasteiger partial charge in [-0.05, 0) is 43.2 Å². The van der Waals surface area contributed by atoms with Gasteiger partial charge in [0.15, 0.2) is 11.5 Å². The van der Waals surface area contributed by atoms with Crippen LogP contribution in [0.4, 0.5) is 11.4 Å². The van der Waals surface area contributed by atoms with Gasteiger partial charge in [-0.2, -0.15) is 0 Å². The summed E-state index contributed by atoms with van der Waals surface area (Å²) in [6.07, 6.45) is 0.484. The lowest BCUT2D eigenvalue weighted by atomic mass is 10.1. The summed E-state index contributed by atoms with van der Waals surface area (Å²) in [6.45, 7) is 10.2. The monoisotopic (exact) mass is 395 g/mol. The minimum absolute atomic E-state index is 0.0265. The number of carbonyl (C=O) groups excluding carboxylic acids is 1. The van der Waals surface area contributed by atoms with Crippen molar-refractivity contribution in [3.05, 3.63) is 47.5 Å². The Hall–Kier alpha value is -2.73. The molecule has 0 radical (unpaired) electrons. The molecule has 0 spiro atoms. The first kappa shape index (κ1) is 19.6. The first-order chi connectivity index (χ1) is 14.1. The van der Waals surface area contributed by atoms with Crippen LogP contribution in [0.1, 0.15) is 17.5 Å². The van der Waals surface area contributed by atoms with Crippen LogP contribution in [0.3, 0.4) is 0 Å². The van der Waals surface area contributed by atoms with E-state index in [1.54, 1.807) is 0 Å². The third kappa shape index (κ3) is 4.65. The summed E-state index contributed by atoms with van der Waals surface area (Å²) in [5.41, 5.74) is 4.78. The summed E-state index contributed by atoms with van der Waals surface area (Å²) in [7, 11) is 0. The van der Waals surface area contributed by atoms with Crippen LogP contribution in [0.25, 0.3) is 0 Å². The van der Waals surface area contributed by atoms with Gasteiger partial charge in [0.25, 0.3) is 0 Å². The minimum atomic E-state index is 0.0265. The molecule has 6 nitrogen and oxygen atoms in total. The Morgan fingerprint density at radius 2 is 1.76 bits per heavy atom. The second-order valence-corrected chi connectivity index (χ2v) is 7.70. The van der Waals surface area contributed by atoms with Gasteiger partial charge in [0.05, 0.1) is 0 Å². The molecule has 0 saturated carbocycles. The summed E-state index contributed by atoms with van der Waals surface area (Å²) < 4.78 is 11.1. The molecule has 2 aromatic rings. The number of piperazine rings is 1. The van der Waals surface area contributed by atoms with E-state index in [-0.39, 0.29) is 5.91 Å². The fourth-order valence-corrected chi connectivity index (χ4v) is 3.89. The maximum atomic E-state index is 12.4. The van der Waals surface area contributed by atoms with Crippen LogP contribution >= 0.6 is 0 Å². The van der Waals surface area contributed by atoms with Crippen LogP contribution in [-0.2, 0) is 4.79 Å². The van der Waals surface area contributed by atoms with Gasteiger partial charge in [-0.1, -0.05) is 12.1 Å². The molecule has 1 fully saturated rings. The van der Waals surface area contributed by atoms with Crippen molar-refractivity contribution in [3.63, 3.8) is 0 Å². The second-order valence-electron chi connectivity index (χ2n) is 7.70. The van der Waals surface area contributed by atoms with Gasteiger partial charge in [0.1, 0.15) is 13.2 Å². The minimum Gasteiger partial charge on any atom is -0.486 e. The number of fused-ring (bicyclic) bond motifs is 1. The normalized spacial score (nSPS) is 16.6. The molecule has 2 aromatic carbocycles. The number of anilines is 2. The third-order valence-electron chi connectivity index (χ3n) is 5.77. The van der Waals surface area contributed by atoms with E-state index in [1.807, 2.05) is 18.2 Å². The molecular weight excluding hydrogens is 366 g/mol. The van der Waals surface area contributed by atoms with E-state index in [1.165, 1.54) is 16.8 Å². The summed E-state index contributed by atoms with van der Waals surface area (Å²) in [4.78, 5) is 17.2. The van der Waals surface area contributed by atoms with Gasteiger partial charge in [0.2, 0.25) is 5.91 Å². The third-order valence-corrected chi connectivity index (χ3v) is 5.77. The lowest BCUT2D eigenvalue weighted by Crippen LogP contribution is -2.47. The van der Waals surface area contributed by atoms with Crippen molar-refractivity contribution in [2.75, 3.05) is 56.2 Å². The van der Waals surface area contributed by atoms with Crippen molar-refractivity contribution in [2.24, 2.45) is 0 Å². The van der Waals surface area contributed by atoms with Gasteiger partial charge in [-0.15, -0.1) is 0 Å². The number of hydrogen-bond donors (Lipinski definition) is 1. The van der Waals surface area contributed by atoms with Crippen molar-refractivity contribution in [3.8, 4) is 11.5 Å². The number of carbonyl (C=O) groups is 1. The van der Waals surface area contributed by atoms with E-state index in [2.05, 4.69) is 47.2 Å². The average Bonchev–Trinajstić information content (AvgIpc) is 2.75. The van der Waals surface area contributed by atoms with E-state index in [0.29, 0.717) is 25.4 Å². The lowest BCUT2D eigenvalue weighted by molar-refractivity contribution is -0.116. The van der Waals surface area contributed by atoms with Crippen molar-refractivity contribution in [2.45, 2.75) is 20.3 Å². The molecule has 4 rings (SSSR count). The molecule has 0 bridgehead atoms. The number of rotatable bonds is 5. The van der Waals surface area contributed by atoms with Crippen molar-refractivity contribution < 1.29 is 14.3 Å². The van der Waals surface area contributed by atoms with Crippen LogP contribution in [0, 0.1) is 13.8 Å². The molecule has 1 saturated heterocycles. The number of nitrogens with zero attached hydrogens (tertiary/aromatic N) is 2. The molecule has 2 heterocycles. The smallest absolute Gasteiger partial charge is 0.225 e. The Morgan fingerprint density at radius 3 is 2.55 bits per heavy atom. The number of aryl methyl sites for hydroxylation is 1. The first-order valence-corrected chi connectivity index (χ1v) is 10.3. The molecule has 0 aliphatic carbocycles. The topological polar surface area (TPSA) is 54.0 Å². The summed E-state index contributed by atoms with van der Waals surface area (Å²) in [5.74, 6) is 1.45. The zero-order valence-corrected chi connectivity index (χ0v) is 17.2. The van der Waals surface area contributed by atoms with Crippen molar-refractivity contribution in [1.82, 2.24) is 4.90 Å². The average molecular weight is 396 g/mol. The van der Waals surface area contributed by atoms with Crippen LogP contribution in [0.15, 0.2) is 36.4 Å². The molecule has 2 aliphatic rings. The molecule has 0 atom stereocenters. The van der Waals surface area contributed by atoms with Crippen LogP contribution in [-0.4, -0.2) is 56.7 Å². The number of amides is 1. The summed E-state index contributed by atoms with van der Waals surface area (Å²) >= 11 is 0. The van der Waals surface area contributed by atoms with Crippen molar-refractivity contribution >= 4 is 17.3 Å². The maximum absolute atomic E-state index is 12.4. The molecule has 29 heavy (non-hydrogen) atoms.